The van der Waals surface area contributed by atoms with Crippen LogP contribution in [-0.4, -0.2) is 56.4 Å². The van der Waals surface area contributed by atoms with E-state index in [1.807, 2.05) is 17.5 Å². The summed E-state index contributed by atoms with van der Waals surface area (Å²) in [5.41, 5.74) is 2.70. The van der Waals surface area contributed by atoms with Crippen LogP contribution >= 0.6 is 23.1 Å². The molecule has 0 spiro atoms. The lowest BCUT2D eigenvalue weighted by Crippen LogP contribution is -2.71. The predicted octanol–water partition coefficient (Wildman–Crippen LogP) is 2.41. The molecule has 144 valence electrons. The van der Waals surface area contributed by atoms with E-state index in [-0.39, 0.29) is 29.8 Å². The van der Waals surface area contributed by atoms with Crippen LogP contribution in [0.15, 0.2) is 45.7 Å². The number of nitrogens with zero attached hydrogens (tertiary/aromatic N) is 3. The fraction of sp³-hybridized carbons (Fsp3) is 0.333. The summed E-state index contributed by atoms with van der Waals surface area (Å²) in [5, 5.41) is 14.3. The van der Waals surface area contributed by atoms with Crippen molar-refractivity contribution in [2.24, 2.45) is 5.92 Å². The zero-order valence-corrected chi connectivity index (χ0v) is 16.2. The van der Waals surface area contributed by atoms with Crippen LogP contribution in [0.3, 0.4) is 0 Å². The molecule has 1 unspecified atom stereocenters. The number of hydrogen-bond acceptors (Lipinski definition) is 8. The molecule has 2 fully saturated rings. The number of pyridine rings is 1. The van der Waals surface area contributed by atoms with Gasteiger partial charge in [0.05, 0.1) is 11.7 Å². The number of hydrogen-bond donors (Lipinski definition) is 2. The molecule has 0 bridgehead atoms. The van der Waals surface area contributed by atoms with E-state index in [2.05, 4.69) is 15.3 Å². The third-order valence-electron chi connectivity index (χ3n) is 5.29. The minimum Gasteiger partial charge on any atom is -0.449 e. The van der Waals surface area contributed by atoms with Crippen molar-refractivity contribution in [3.63, 3.8) is 0 Å². The quantitative estimate of drug-likeness (QED) is 0.435. The zero-order valence-electron chi connectivity index (χ0n) is 14.6. The van der Waals surface area contributed by atoms with Crippen LogP contribution in [0.4, 0.5) is 4.79 Å². The Morgan fingerprint density at radius 1 is 1.50 bits per heavy atom. The molecule has 0 aliphatic carbocycles. The average molecular weight is 416 g/mol. The molecule has 3 aliphatic rings. The Morgan fingerprint density at radius 2 is 2.39 bits per heavy atom. The van der Waals surface area contributed by atoms with E-state index in [0.29, 0.717) is 5.75 Å². The molecule has 0 radical (unpaired) electrons. The van der Waals surface area contributed by atoms with Gasteiger partial charge in [0.2, 0.25) is 11.8 Å². The van der Waals surface area contributed by atoms with E-state index in [1.54, 1.807) is 12.4 Å². The van der Waals surface area contributed by atoms with Crippen molar-refractivity contribution in [2.45, 2.75) is 22.8 Å². The number of β-lactam (4-membered cyclic amide) rings is 1. The number of carbonyl (C=O) groups excluding carboxylic acids is 1. The number of carbonyl (C=O) groups is 2. The van der Waals surface area contributed by atoms with Crippen LogP contribution < -0.4 is 5.32 Å². The molecule has 10 heteroatoms. The number of ether oxygens (including phenoxy) is 1. The summed E-state index contributed by atoms with van der Waals surface area (Å²) in [4.78, 5) is 33.8. The molecule has 2 aromatic rings. The van der Waals surface area contributed by atoms with Crippen LogP contribution in [0, 0.1) is 5.92 Å². The average Bonchev–Trinajstić information content (AvgIpc) is 3.28. The van der Waals surface area contributed by atoms with Gasteiger partial charge < -0.3 is 15.2 Å². The van der Waals surface area contributed by atoms with Crippen molar-refractivity contribution >= 4 is 35.2 Å². The van der Waals surface area contributed by atoms with Crippen LogP contribution in [0.1, 0.15) is 6.42 Å². The maximum atomic E-state index is 12.4. The van der Waals surface area contributed by atoms with Crippen molar-refractivity contribution in [2.75, 3.05) is 12.3 Å². The molecule has 2 N–H and O–H groups in total. The normalized spacial score (nSPS) is 25.5. The summed E-state index contributed by atoms with van der Waals surface area (Å²) in [6, 6.07) is 3.56. The number of aromatic nitrogens is 2. The Balaban J connectivity index is 1.38. The number of thioether (sulfide) groups is 1. The first kappa shape index (κ1) is 17.7. The lowest BCUT2D eigenvalue weighted by Gasteiger charge is -2.48. The van der Waals surface area contributed by atoms with E-state index in [1.165, 1.54) is 28.0 Å². The highest BCUT2D eigenvalue weighted by Crippen LogP contribution is 2.48. The van der Waals surface area contributed by atoms with Gasteiger partial charge in [-0.05, 0) is 25.1 Å². The lowest BCUT2D eigenvalue weighted by molar-refractivity contribution is -0.152. The fourth-order valence-corrected chi connectivity index (χ4v) is 6.03. The van der Waals surface area contributed by atoms with E-state index in [4.69, 9.17) is 9.84 Å². The molecule has 28 heavy (non-hydrogen) atoms. The number of thiazole rings is 1. The second-order valence-corrected chi connectivity index (χ2v) is 8.83. The standard InChI is InChI=1S/C18H16N4O4S2/c23-15-13-14-10(3-5-20-13)11(16(22(14)15)26-18(24)25)7-27-17-21-12(8-28-17)9-2-1-4-19-6-9/h1-2,4,6,8,10,13-14,20H,3,5,7H2,(H,24,25)/t10?,13-,14+/m0/s1. The topological polar surface area (TPSA) is 105 Å². The highest BCUT2D eigenvalue weighted by Gasteiger charge is 2.60. The van der Waals surface area contributed by atoms with Crippen LogP contribution in [0.25, 0.3) is 11.3 Å². The molecule has 2 aromatic heterocycles. The molecular weight excluding hydrogens is 400 g/mol. The van der Waals surface area contributed by atoms with E-state index < -0.39 is 6.16 Å². The van der Waals surface area contributed by atoms with Crippen molar-refractivity contribution in [3.8, 4) is 11.3 Å². The minimum atomic E-state index is -1.39. The Kier molecular flexibility index (Phi) is 4.33. The lowest BCUT2D eigenvalue weighted by atomic mass is 9.80. The summed E-state index contributed by atoms with van der Waals surface area (Å²) < 4.78 is 5.92. The monoisotopic (exact) mass is 416 g/mol. The first-order valence-electron chi connectivity index (χ1n) is 8.82. The maximum Gasteiger partial charge on any atom is 0.512 e. The Labute approximate surface area is 168 Å². The third kappa shape index (κ3) is 2.79. The van der Waals surface area contributed by atoms with Gasteiger partial charge in [0.15, 0.2) is 4.34 Å². The summed E-state index contributed by atoms with van der Waals surface area (Å²) in [6.45, 7) is 0.738. The second-order valence-electron chi connectivity index (χ2n) is 6.75. The van der Waals surface area contributed by atoms with Crippen molar-refractivity contribution in [1.82, 2.24) is 20.2 Å². The van der Waals surface area contributed by atoms with Gasteiger partial charge in [0.1, 0.15) is 6.04 Å². The Hall–Kier alpha value is -2.43. The third-order valence-corrected chi connectivity index (χ3v) is 7.36. The number of rotatable bonds is 5. The van der Waals surface area contributed by atoms with Gasteiger partial charge in [-0.25, -0.2) is 9.78 Å². The smallest absolute Gasteiger partial charge is 0.449 e. The summed E-state index contributed by atoms with van der Waals surface area (Å²) >= 11 is 3.07. The van der Waals surface area contributed by atoms with E-state index in [9.17, 15) is 9.59 Å². The van der Waals surface area contributed by atoms with E-state index >= 15 is 0 Å². The summed E-state index contributed by atoms with van der Waals surface area (Å²) in [5.74, 6) is 0.756. The first-order valence-corrected chi connectivity index (χ1v) is 10.7. The van der Waals surface area contributed by atoms with Crippen LogP contribution in [0.5, 0.6) is 0 Å². The van der Waals surface area contributed by atoms with Gasteiger partial charge in [-0.15, -0.1) is 11.3 Å². The van der Waals surface area contributed by atoms with Gasteiger partial charge >= 0.3 is 6.16 Å². The Bertz CT molecular complexity index is 977. The second kappa shape index (κ2) is 6.87. The zero-order chi connectivity index (χ0) is 19.3. The van der Waals surface area contributed by atoms with Gasteiger partial charge in [-0.2, -0.15) is 0 Å². The molecule has 5 rings (SSSR count). The van der Waals surface area contributed by atoms with Crippen LogP contribution in [-0.2, 0) is 9.53 Å². The van der Waals surface area contributed by atoms with Gasteiger partial charge in [-0.1, -0.05) is 11.8 Å². The van der Waals surface area contributed by atoms with Gasteiger partial charge in [0.25, 0.3) is 0 Å². The van der Waals surface area contributed by atoms with Crippen molar-refractivity contribution < 1.29 is 19.4 Å². The predicted molar refractivity (Wildman–Crippen MR) is 103 cm³/mol. The first-order chi connectivity index (χ1) is 13.6. The molecule has 2 saturated heterocycles. The van der Waals surface area contributed by atoms with E-state index in [0.717, 1.165) is 34.1 Å². The summed E-state index contributed by atoms with van der Waals surface area (Å²) in [7, 11) is 0. The number of amides is 1. The van der Waals surface area contributed by atoms with Crippen molar-refractivity contribution in [3.05, 3.63) is 41.4 Å². The highest BCUT2D eigenvalue weighted by atomic mass is 32.2. The molecule has 8 nitrogen and oxygen atoms in total. The van der Waals surface area contributed by atoms with Gasteiger partial charge in [-0.3, -0.25) is 14.7 Å². The molecule has 0 saturated carbocycles. The fourth-order valence-electron chi connectivity index (χ4n) is 4.10. The Morgan fingerprint density at radius 3 is 3.18 bits per heavy atom. The molecular formula is C18H16N4O4S2. The molecule has 0 aromatic carbocycles. The number of piperidine rings is 1. The molecule has 5 heterocycles. The number of nitrogens with one attached hydrogen (secondary N) is 1. The maximum absolute atomic E-state index is 12.4. The van der Waals surface area contributed by atoms with Gasteiger partial charge in [0, 0.05) is 40.6 Å². The molecule has 3 atom stereocenters. The largest absolute Gasteiger partial charge is 0.512 e. The van der Waals surface area contributed by atoms with Crippen LogP contribution in [0.2, 0.25) is 0 Å². The summed E-state index contributed by atoms with van der Waals surface area (Å²) in [6.07, 6.45) is 2.95. The SMILES string of the molecule is O=C(O)OC1=C(CSc2nc(-c3cccnc3)cs2)C2CCN[C@@H]3C(=O)N1[C@H]23. The molecule has 1 amide bonds. The molecule has 3 aliphatic heterocycles. The number of carboxylic acid groups (broad SMARTS) is 1. The van der Waals surface area contributed by atoms with Crippen molar-refractivity contribution in [1.29, 1.82) is 0 Å². The minimum absolute atomic E-state index is 0.0338. The highest BCUT2D eigenvalue weighted by molar-refractivity contribution is 8.01.